The lowest BCUT2D eigenvalue weighted by molar-refractivity contribution is 0.0470. The van der Waals surface area contributed by atoms with Gasteiger partial charge in [-0.3, -0.25) is 0 Å². The van der Waals surface area contributed by atoms with Crippen LogP contribution in [0.5, 0.6) is 0 Å². The number of ether oxygens (including phenoxy) is 1. The SMILES string of the molecule is CCOC(=O)c1nc(CSC2CCCC2)no1. The van der Waals surface area contributed by atoms with E-state index in [9.17, 15) is 4.79 Å². The third kappa shape index (κ3) is 3.46. The summed E-state index contributed by atoms with van der Waals surface area (Å²) < 4.78 is 9.62. The Morgan fingerprint density at radius 2 is 2.29 bits per heavy atom. The van der Waals surface area contributed by atoms with Crippen LogP contribution in [0.15, 0.2) is 4.52 Å². The van der Waals surface area contributed by atoms with Gasteiger partial charge < -0.3 is 9.26 Å². The number of rotatable bonds is 5. The van der Waals surface area contributed by atoms with Crippen LogP contribution in [0.4, 0.5) is 0 Å². The molecule has 1 saturated carbocycles. The monoisotopic (exact) mass is 256 g/mol. The molecule has 0 saturated heterocycles. The molecule has 1 aliphatic rings. The molecule has 5 nitrogen and oxygen atoms in total. The van der Waals surface area contributed by atoms with Gasteiger partial charge in [0.25, 0.3) is 0 Å². The van der Waals surface area contributed by atoms with Crippen molar-refractivity contribution >= 4 is 17.7 Å². The maximum Gasteiger partial charge on any atom is 0.397 e. The Labute approximate surface area is 104 Å². The van der Waals surface area contributed by atoms with Crippen LogP contribution >= 0.6 is 11.8 Å². The summed E-state index contributed by atoms with van der Waals surface area (Å²) >= 11 is 1.84. The standard InChI is InChI=1S/C11H16N2O3S/c1-2-15-11(14)10-12-9(13-16-10)7-17-8-5-3-4-6-8/h8H,2-7H2,1H3. The van der Waals surface area contributed by atoms with Crippen LogP contribution in [0.25, 0.3) is 0 Å². The Hall–Kier alpha value is -1.04. The molecule has 2 rings (SSSR count). The van der Waals surface area contributed by atoms with Gasteiger partial charge in [0.05, 0.1) is 12.4 Å². The first-order valence-corrected chi connectivity index (χ1v) is 6.95. The molecule has 0 aromatic carbocycles. The third-order valence-corrected chi connectivity index (χ3v) is 4.04. The highest BCUT2D eigenvalue weighted by Gasteiger charge is 2.19. The van der Waals surface area contributed by atoms with Crippen LogP contribution in [0.1, 0.15) is 49.1 Å². The molecule has 1 aromatic rings. The summed E-state index contributed by atoms with van der Waals surface area (Å²) in [4.78, 5) is 15.3. The van der Waals surface area contributed by atoms with E-state index in [0.29, 0.717) is 23.4 Å². The predicted molar refractivity (Wildman–Crippen MR) is 63.8 cm³/mol. The molecule has 0 N–H and O–H groups in total. The minimum absolute atomic E-state index is 0.0473. The Morgan fingerprint density at radius 3 is 3.00 bits per heavy atom. The van der Waals surface area contributed by atoms with E-state index < -0.39 is 5.97 Å². The average molecular weight is 256 g/mol. The highest BCUT2D eigenvalue weighted by Crippen LogP contribution is 2.30. The van der Waals surface area contributed by atoms with E-state index in [1.165, 1.54) is 25.7 Å². The second kappa shape index (κ2) is 6.05. The molecule has 6 heteroatoms. The highest BCUT2D eigenvalue weighted by atomic mass is 32.2. The van der Waals surface area contributed by atoms with Gasteiger partial charge in [-0.15, -0.1) is 0 Å². The van der Waals surface area contributed by atoms with Gasteiger partial charge in [0.2, 0.25) is 0 Å². The summed E-state index contributed by atoms with van der Waals surface area (Å²) in [5.74, 6) is 0.684. The third-order valence-electron chi connectivity index (χ3n) is 2.67. The van der Waals surface area contributed by atoms with Gasteiger partial charge in [0.15, 0.2) is 5.82 Å². The van der Waals surface area contributed by atoms with E-state index in [0.717, 1.165) is 0 Å². The van der Waals surface area contributed by atoms with E-state index in [4.69, 9.17) is 9.26 Å². The Bertz CT molecular complexity index is 375. The van der Waals surface area contributed by atoms with Crippen molar-refractivity contribution in [2.45, 2.75) is 43.6 Å². The fourth-order valence-electron chi connectivity index (χ4n) is 1.84. The normalized spacial score (nSPS) is 16.3. The van der Waals surface area contributed by atoms with Crippen molar-refractivity contribution in [2.24, 2.45) is 0 Å². The average Bonchev–Trinajstić information content (AvgIpc) is 2.98. The van der Waals surface area contributed by atoms with Crippen molar-refractivity contribution in [1.82, 2.24) is 10.1 Å². The molecule has 1 aliphatic carbocycles. The Kier molecular flexibility index (Phi) is 4.42. The number of esters is 1. The van der Waals surface area contributed by atoms with E-state index in [1.54, 1.807) is 6.92 Å². The van der Waals surface area contributed by atoms with Gasteiger partial charge in [0, 0.05) is 5.25 Å². The maximum absolute atomic E-state index is 11.3. The quantitative estimate of drug-likeness (QED) is 0.754. The summed E-state index contributed by atoms with van der Waals surface area (Å²) in [6.45, 7) is 2.05. The number of aromatic nitrogens is 2. The van der Waals surface area contributed by atoms with Crippen molar-refractivity contribution in [2.75, 3.05) is 6.61 Å². The highest BCUT2D eigenvalue weighted by molar-refractivity contribution is 7.99. The zero-order chi connectivity index (χ0) is 12.1. The van der Waals surface area contributed by atoms with E-state index in [1.807, 2.05) is 11.8 Å². The predicted octanol–water partition coefficient (Wildman–Crippen LogP) is 2.42. The lowest BCUT2D eigenvalue weighted by atomic mass is 10.4. The zero-order valence-corrected chi connectivity index (χ0v) is 10.7. The summed E-state index contributed by atoms with van der Waals surface area (Å²) in [6.07, 6.45) is 5.18. The van der Waals surface area contributed by atoms with Crippen molar-refractivity contribution in [3.63, 3.8) is 0 Å². The second-order valence-corrected chi connectivity index (χ2v) is 5.24. The van der Waals surface area contributed by atoms with Crippen molar-refractivity contribution < 1.29 is 14.1 Å². The minimum Gasteiger partial charge on any atom is -0.459 e. The molecule has 1 aromatic heterocycles. The summed E-state index contributed by atoms with van der Waals surface area (Å²) in [5, 5.41) is 4.48. The molecule has 0 atom stereocenters. The van der Waals surface area contributed by atoms with Crippen molar-refractivity contribution in [3.05, 3.63) is 11.7 Å². The van der Waals surface area contributed by atoms with Crippen molar-refractivity contribution in [1.29, 1.82) is 0 Å². The number of nitrogens with zero attached hydrogens (tertiary/aromatic N) is 2. The van der Waals surface area contributed by atoms with Crippen molar-refractivity contribution in [3.8, 4) is 0 Å². The number of hydrogen-bond acceptors (Lipinski definition) is 6. The Morgan fingerprint density at radius 1 is 1.53 bits per heavy atom. The summed E-state index contributed by atoms with van der Waals surface area (Å²) in [7, 11) is 0. The van der Waals surface area contributed by atoms with Gasteiger partial charge >= 0.3 is 11.9 Å². The smallest absolute Gasteiger partial charge is 0.397 e. The zero-order valence-electron chi connectivity index (χ0n) is 9.85. The van der Waals surface area contributed by atoms with E-state index >= 15 is 0 Å². The van der Waals surface area contributed by atoms with Gasteiger partial charge in [-0.2, -0.15) is 16.7 Å². The molecule has 0 aliphatic heterocycles. The van der Waals surface area contributed by atoms with E-state index in [2.05, 4.69) is 10.1 Å². The molecule has 0 bridgehead atoms. The van der Waals surface area contributed by atoms with Crippen LogP contribution in [-0.2, 0) is 10.5 Å². The van der Waals surface area contributed by atoms with Crippen LogP contribution in [-0.4, -0.2) is 28.0 Å². The topological polar surface area (TPSA) is 65.2 Å². The molecular weight excluding hydrogens is 240 g/mol. The fourth-order valence-corrected chi connectivity index (χ4v) is 3.00. The Balaban J connectivity index is 1.83. The summed E-state index contributed by atoms with van der Waals surface area (Å²) in [5.41, 5.74) is 0. The number of hydrogen-bond donors (Lipinski definition) is 0. The lowest BCUT2D eigenvalue weighted by Gasteiger charge is -2.04. The first kappa shape index (κ1) is 12.4. The number of carbonyl (C=O) groups excluding carboxylic acids is 1. The van der Waals surface area contributed by atoms with Gasteiger partial charge in [-0.05, 0) is 19.8 Å². The first-order chi connectivity index (χ1) is 8.29. The molecule has 0 unspecified atom stereocenters. The lowest BCUT2D eigenvalue weighted by Crippen LogP contribution is -2.05. The molecule has 1 heterocycles. The second-order valence-electron chi connectivity index (χ2n) is 3.95. The van der Waals surface area contributed by atoms with Crippen LogP contribution in [0, 0.1) is 0 Å². The fraction of sp³-hybridized carbons (Fsp3) is 0.727. The number of carbonyl (C=O) groups is 1. The summed E-state index contributed by atoms with van der Waals surface area (Å²) in [6, 6.07) is 0. The molecule has 0 amide bonds. The maximum atomic E-state index is 11.3. The minimum atomic E-state index is -0.544. The van der Waals surface area contributed by atoms with Crippen LogP contribution < -0.4 is 0 Å². The molecule has 17 heavy (non-hydrogen) atoms. The number of thioether (sulfide) groups is 1. The molecule has 0 spiro atoms. The molecular formula is C11H16N2O3S. The first-order valence-electron chi connectivity index (χ1n) is 5.91. The van der Waals surface area contributed by atoms with Crippen LogP contribution in [0.2, 0.25) is 0 Å². The van der Waals surface area contributed by atoms with Crippen LogP contribution in [0.3, 0.4) is 0 Å². The van der Waals surface area contributed by atoms with E-state index in [-0.39, 0.29) is 5.89 Å². The van der Waals surface area contributed by atoms with Gasteiger partial charge in [-0.25, -0.2) is 4.79 Å². The largest absolute Gasteiger partial charge is 0.459 e. The molecule has 94 valence electrons. The van der Waals surface area contributed by atoms with Gasteiger partial charge in [-0.1, -0.05) is 18.0 Å². The molecule has 1 fully saturated rings. The molecule has 0 radical (unpaired) electrons. The van der Waals surface area contributed by atoms with Gasteiger partial charge in [0.1, 0.15) is 0 Å².